The largest absolute Gasteiger partial charge is 0.500 e. The van der Waals surface area contributed by atoms with Gasteiger partial charge in [-0.1, -0.05) is 51.5 Å². The van der Waals surface area contributed by atoms with E-state index in [0.717, 1.165) is 25.3 Å². The molecule has 0 aliphatic carbocycles. The molecular formula is C20H40O5Si. The molecular weight excluding hydrogens is 348 g/mol. The van der Waals surface area contributed by atoms with Gasteiger partial charge >= 0.3 is 14.8 Å². The molecule has 0 aliphatic heterocycles. The van der Waals surface area contributed by atoms with Gasteiger partial charge in [0.1, 0.15) is 0 Å². The zero-order valence-corrected chi connectivity index (χ0v) is 18.2. The van der Waals surface area contributed by atoms with Gasteiger partial charge in [-0.05, 0) is 33.6 Å². The van der Waals surface area contributed by atoms with Crippen LogP contribution in [0.25, 0.3) is 0 Å². The Morgan fingerprint density at radius 2 is 1.19 bits per heavy atom. The van der Waals surface area contributed by atoms with E-state index in [4.69, 9.17) is 18.0 Å². The minimum Gasteiger partial charge on any atom is -0.463 e. The highest BCUT2D eigenvalue weighted by molar-refractivity contribution is 6.60. The van der Waals surface area contributed by atoms with Crippen LogP contribution in [-0.2, 0) is 22.8 Å². The van der Waals surface area contributed by atoms with Crippen LogP contribution in [0, 0.1) is 0 Å². The van der Waals surface area contributed by atoms with Gasteiger partial charge in [-0.25, -0.2) is 4.79 Å². The molecule has 0 saturated heterocycles. The molecule has 0 spiro atoms. The first-order valence-electron chi connectivity index (χ1n) is 10.3. The average Bonchev–Trinajstić information content (AvgIpc) is 2.63. The molecule has 0 unspecified atom stereocenters. The average molecular weight is 389 g/mol. The lowest BCUT2D eigenvalue weighted by Gasteiger charge is -2.28. The van der Waals surface area contributed by atoms with E-state index >= 15 is 0 Å². The molecule has 0 aromatic carbocycles. The second-order valence-electron chi connectivity index (χ2n) is 6.29. The zero-order chi connectivity index (χ0) is 19.5. The van der Waals surface area contributed by atoms with E-state index in [1.807, 2.05) is 20.8 Å². The Hall–Kier alpha value is -0.693. The van der Waals surface area contributed by atoms with Crippen molar-refractivity contribution in [3.63, 3.8) is 0 Å². The molecule has 5 nitrogen and oxygen atoms in total. The van der Waals surface area contributed by atoms with Crippen molar-refractivity contribution in [3.8, 4) is 0 Å². The van der Waals surface area contributed by atoms with Crippen LogP contribution < -0.4 is 0 Å². The number of unbranched alkanes of at least 4 members (excludes halogenated alkanes) is 8. The Balaban J connectivity index is 3.61. The second-order valence-corrected chi connectivity index (χ2v) is 9.02. The lowest BCUT2D eigenvalue weighted by atomic mass is 10.1. The fourth-order valence-electron chi connectivity index (χ4n) is 2.91. The smallest absolute Gasteiger partial charge is 0.463 e. The molecule has 0 amide bonds. The molecule has 6 heteroatoms. The minimum atomic E-state index is -2.44. The van der Waals surface area contributed by atoms with Gasteiger partial charge in [0.05, 0.1) is 6.61 Å². The highest BCUT2D eigenvalue weighted by Crippen LogP contribution is 2.20. The summed E-state index contributed by atoms with van der Waals surface area (Å²) in [5, 5.41) is 0. The number of esters is 1. The Morgan fingerprint density at radius 3 is 1.62 bits per heavy atom. The van der Waals surface area contributed by atoms with Crippen molar-refractivity contribution in [1.82, 2.24) is 0 Å². The van der Waals surface area contributed by atoms with Gasteiger partial charge < -0.3 is 18.0 Å². The van der Waals surface area contributed by atoms with E-state index in [9.17, 15) is 4.79 Å². The number of carbonyl (C=O) groups is 1. The first-order valence-corrected chi connectivity index (χ1v) is 12.3. The molecule has 0 radical (unpaired) electrons. The van der Waals surface area contributed by atoms with Gasteiger partial charge in [0.15, 0.2) is 0 Å². The number of ether oxygens (including phenoxy) is 1. The van der Waals surface area contributed by atoms with Gasteiger partial charge in [-0.2, -0.15) is 0 Å². The van der Waals surface area contributed by atoms with Crippen LogP contribution in [0.3, 0.4) is 0 Å². The predicted molar refractivity (Wildman–Crippen MR) is 108 cm³/mol. The van der Waals surface area contributed by atoms with Crippen LogP contribution in [0.15, 0.2) is 12.7 Å². The summed E-state index contributed by atoms with van der Waals surface area (Å²) in [5.41, 5.74) is 0. The maximum absolute atomic E-state index is 10.9. The quantitative estimate of drug-likeness (QED) is 0.130. The summed E-state index contributed by atoms with van der Waals surface area (Å²) in [6.07, 6.45) is 11.9. The van der Waals surface area contributed by atoms with Gasteiger partial charge in [-0.15, -0.1) is 0 Å². The van der Waals surface area contributed by atoms with E-state index < -0.39 is 8.80 Å². The third-order valence-corrected chi connectivity index (χ3v) is 7.28. The number of hydrogen-bond donors (Lipinski definition) is 0. The zero-order valence-electron chi connectivity index (χ0n) is 17.2. The molecule has 0 bridgehead atoms. The van der Waals surface area contributed by atoms with Crippen LogP contribution in [0.5, 0.6) is 0 Å². The summed E-state index contributed by atoms with van der Waals surface area (Å²) in [6, 6.07) is 0.923. The lowest BCUT2D eigenvalue weighted by Crippen LogP contribution is -2.45. The van der Waals surface area contributed by atoms with Crippen molar-refractivity contribution in [2.45, 2.75) is 84.6 Å². The van der Waals surface area contributed by atoms with E-state index in [1.54, 1.807) is 0 Å². The summed E-state index contributed by atoms with van der Waals surface area (Å²) in [5.74, 6) is -0.324. The first kappa shape index (κ1) is 25.3. The fraction of sp³-hybridized carbons (Fsp3) is 0.850. The molecule has 0 N–H and O–H groups in total. The topological polar surface area (TPSA) is 54.0 Å². The van der Waals surface area contributed by atoms with Crippen LogP contribution in [0.4, 0.5) is 0 Å². The molecule has 154 valence electrons. The highest BCUT2D eigenvalue weighted by atomic mass is 28.4. The predicted octanol–water partition coefficient (Wildman–Crippen LogP) is 5.27. The number of carbonyl (C=O) groups excluding carboxylic acids is 1. The van der Waals surface area contributed by atoms with Crippen molar-refractivity contribution in [2.24, 2.45) is 0 Å². The molecule has 0 aliphatic rings. The number of rotatable bonds is 19. The number of hydrogen-bond acceptors (Lipinski definition) is 5. The normalized spacial score (nSPS) is 11.5. The molecule has 0 saturated carbocycles. The Bertz CT molecular complexity index is 332. The van der Waals surface area contributed by atoms with Crippen molar-refractivity contribution in [1.29, 1.82) is 0 Å². The summed E-state index contributed by atoms with van der Waals surface area (Å²) in [4.78, 5) is 10.9. The Kier molecular flexibility index (Phi) is 17.2. The van der Waals surface area contributed by atoms with E-state index in [0.29, 0.717) is 26.4 Å². The summed E-state index contributed by atoms with van der Waals surface area (Å²) < 4.78 is 22.6. The van der Waals surface area contributed by atoms with Gasteiger partial charge in [-0.3, -0.25) is 0 Å². The van der Waals surface area contributed by atoms with Crippen LogP contribution in [0.1, 0.15) is 78.6 Å². The Morgan fingerprint density at radius 1 is 0.769 bits per heavy atom. The summed E-state index contributed by atoms with van der Waals surface area (Å²) in [6.45, 7) is 11.9. The minimum absolute atomic E-state index is 0.324. The second kappa shape index (κ2) is 17.7. The van der Waals surface area contributed by atoms with Gasteiger partial charge in [0, 0.05) is 31.9 Å². The monoisotopic (exact) mass is 388 g/mol. The van der Waals surface area contributed by atoms with Crippen molar-refractivity contribution in [3.05, 3.63) is 12.7 Å². The fourth-order valence-corrected chi connectivity index (χ4v) is 5.60. The van der Waals surface area contributed by atoms with E-state index in [2.05, 4.69) is 6.58 Å². The standard InChI is InChI=1S/C20H40O5Si/c1-5-20(21)22-18-16-14-12-10-9-11-13-15-17-19-26(23-6-2,24-7-3)25-8-4/h5H,1,6-19H2,2-4H3. The van der Waals surface area contributed by atoms with Gasteiger partial charge in [0.2, 0.25) is 0 Å². The van der Waals surface area contributed by atoms with E-state index in [-0.39, 0.29) is 5.97 Å². The molecule has 0 aromatic heterocycles. The SMILES string of the molecule is C=CC(=O)OCCCCCCCCCCC[Si](OCC)(OCC)OCC. The molecule has 26 heavy (non-hydrogen) atoms. The van der Waals surface area contributed by atoms with E-state index in [1.165, 1.54) is 44.6 Å². The van der Waals surface area contributed by atoms with Gasteiger partial charge in [0.25, 0.3) is 0 Å². The first-order chi connectivity index (χ1) is 12.6. The van der Waals surface area contributed by atoms with Crippen molar-refractivity contribution in [2.75, 3.05) is 26.4 Å². The van der Waals surface area contributed by atoms with Crippen molar-refractivity contribution >= 4 is 14.8 Å². The summed E-state index contributed by atoms with van der Waals surface area (Å²) >= 11 is 0. The molecule has 0 atom stereocenters. The maximum atomic E-state index is 10.9. The van der Waals surface area contributed by atoms with Crippen LogP contribution >= 0.6 is 0 Å². The third-order valence-electron chi connectivity index (χ3n) is 4.13. The van der Waals surface area contributed by atoms with Crippen molar-refractivity contribution < 1.29 is 22.8 Å². The molecule has 0 rings (SSSR count). The molecule has 0 fully saturated rings. The third kappa shape index (κ3) is 13.5. The van der Waals surface area contributed by atoms with Crippen LogP contribution in [-0.4, -0.2) is 41.2 Å². The Labute approximate surface area is 161 Å². The highest BCUT2D eigenvalue weighted by Gasteiger charge is 2.39. The van der Waals surface area contributed by atoms with Crippen LogP contribution in [0.2, 0.25) is 6.04 Å². The molecule has 0 heterocycles. The lowest BCUT2D eigenvalue weighted by molar-refractivity contribution is -0.137. The molecule has 0 aromatic rings. The maximum Gasteiger partial charge on any atom is 0.500 e. The summed E-state index contributed by atoms with van der Waals surface area (Å²) in [7, 11) is -2.44.